The number of aryl methyl sites for hydroxylation is 1. The number of nitrogens with one attached hydrogen (secondary N) is 1. The van der Waals surface area contributed by atoms with Gasteiger partial charge in [-0.2, -0.15) is 0 Å². The SMILES string of the molecule is CCc1c(C)nc(C2(OC)CCCCC2)[nH]c1=O. The molecule has 4 heteroatoms. The number of nitrogens with zero attached hydrogens (tertiary/aromatic N) is 1. The second kappa shape index (κ2) is 5.22. The Kier molecular flexibility index (Phi) is 3.85. The van der Waals surface area contributed by atoms with Gasteiger partial charge in [0.25, 0.3) is 5.56 Å². The molecule has 1 fully saturated rings. The molecule has 0 amide bonds. The van der Waals surface area contributed by atoms with Gasteiger partial charge in [0.15, 0.2) is 0 Å². The van der Waals surface area contributed by atoms with Crippen LogP contribution in [-0.2, 0) is 16.8 Å². The quantitative estimate of drug-likeness (QED) is 0.896. The number of rotatable bonds is 3. The van der Waals surface area contributed by atoms with Gasteiger partial charge in [-0.25, -0.2) is 4.98 Å². The third-order valence-corrected chi connectivity index (χ3v) is 4.06. The van der Waals surface area contributed by atoms with Crippen LogP contribution in [0.5, 0.6) is 0 Å². The maximum Gasteiger partial charge on any atom is 0.254 e. The lowest BCUT2D eigenvalue weighted by atomic mass is 9.84. The van der Waals surface area contributed by atoms with Crippen LogP contribution in [-0.4, -0.2) is 17.1 Å². The molecule has 1 aromatic rings. The number of ether oxygens (including phenoxy) is 1. The average molecular weight is 250 g/mol. The first kappa shape index (κ1) is 13.3. The molecular formula is C14H22N2O2. The summed E-state index contributed by atoms with van der Waals surface area (Å²) >= 11 is 0. The molecule has 0 aliphatic heterocycles. The molecule has 1 aliphatic carbocycles. The van der Waals surface area contributed by atoms with Crippen LogP contribution in [0, 0.1) is 6.92 Å². The van der Waals surface area contributed by atoms with Crippen LogP contribution in [0.2, 0.25) is 0 Å². The lowest BCUT2D eigenvalue weighted by molar-refractivity contribution is -0.0518. The lowest BCUT2D eigenvalue weighted by Gasteiger charge is -2.35. The standard InChI is InChI=1S/C14H22N2O2/c1-4-11-10(2)15-13(16-12(11)17)14(18-3)8-6-5-7-9-14/h4-9H2,1-3H3,(H,15,16,17). The average Bonchev–Trinajstić information content (AvgIpc) is 2.39. The van der Waals surface area contributed by atoms with Gasteiger partial charge < -0.3 is 9.72 Å². The Morgan fingerprint density at radius 1 is 1.33 bits per heavy atom. The summed E-state index contributed by atoms with van der Waals surface area (Å²) in [5.41, 5.74) is 1.22. The van der Waals surface area contributed by atoms with Gasteiger partial charge in [0.2, 0.25) is 0 Å². The molecule has 1 N–H and O–H groups in total. The van der Waals surface area contributed by atoms with Gasteiger partial charge in [0.1, 0.15) is 11.4 Å². The van der Waals surface area contributed by atoms with Crippen molar-refractivity contribution in [1.82, 2.24) is 9.97 Å². The zero-order chi connectivity index (χ0) is 13.2. The van der Waals surface area contributed by atoms with Crippen molar-refractivity contribution in [3.8, 4) is 0 Å². The molecule has 0 unspecified atom stereocenters. The van der Waals surface area contributed by atoms with E-state index in [9.17, 15) is 4.79 Å². The highest BCUT2D eigenvalue weighted by molar-refractivity contribution is 5.19. The Balaban J connectivity index is 2.46. The van der Waals surface area contributed by atoms with Crippen LogP contribution < -0.4 is 5.56 Å². The van der Waals surface area contributed by atoms with Crippen molar-refractivity contribution < 1.29 is 4.74 Å². The summed E-state index contributed by atoms with van der Waals surface area (Å²) < 4.78 is 5.72. The first-order valence-corrected chi connectivity index (χ1v) is 6.78. The third kappa shape index (κ3) is 2.21. The fraction of sp³-hybridized carbons (Fsp3) is 0.714. The molecule has 0 bridgehead atoms. The molecule has 4 nitrogen and oxygen atoms in total. The summed E-state index contributed by atoms with van der Waals surface area (Å²) in [6.07, 6.45) is 6.10. The summed E-state index contributed by atoms with van der Waals surface area (Å²) in [7, 11) is 1.72. The van der Waals surface area contributed by atoms with Crippen molar-refractivity contribution in [3.63, 3.8) is 0 Å². The Morgan fingerprint density at radius 2 is 2.00 bits per heavy atom. The fourth-order valence-corrected chi connectivity index (χ4v) is 2.90. The second-order valence-corrected chi connectivity index (χ2v) is 5.09. The molecule has 100 valence electrons. The maximum absolute atomic E-state index is 12.0. The van der Waals surface area contributed by atoms with Crippen LogP contribution in [0.1, 0.15) is 56.1 Å². The van der Waals surface area contributed by atoms with Gasteiger partial charge >= 0.3 is 0 Å². The van der Waals surface area contributed by atoms with E-state index >= 15 is 0 Å². The van der Waals surface area contributed by atoms with E-state index in [4.69, 9.17) is 4.74 Å². The number of aromatic amines is 1. The van der Waals surface area contributed by atoms with Gasteiger partial charge in [0.05, 0.1) is 0 Å². The smallest absolute Gasteiger partial charge is 0.254 e. The Labute approximate surface area is 108 Å². The van der Waals surface area contributed by atoms with Crippen LogP contribution in [0.25, 0.3) is 0 Å². The van der Waals surface area contributed by atoms with E-state index in [1.54, 1.807) is 7.11 Å². The zero-order valence-electron chi connectivity index (χ0n) is 11.5. The molecule has 0 spiro atoms. The molecule has 0 radical (unpaired) electrons. The minimum absolute atomic E-state index is 0.0120. The summed E-state index contributed by atoms with van der Waals surface area (Å²) in [4.78, 5) is 19.6. The number of methoxy groups -OCH3 is 1. The van der Waals surface area contributed by atoms with Gasteiger partial charge in [-0.15, -0.1) is 0 Å². The first-order chi connectivity index (χ1) is 8.63. The van der Waals surface area contributed by atoms with Crippen LogP contribution >= 0.6 is 0 Å². The molecular weight excluding hydrogens is 228 g/mol. The first-order valence-electron chi connectivity index (χ1n) is 6.78. The molecule has 0 atom stereocenters. The molecule has 1 saturated carbocycles. The van der Waals surface area contributed by atoms with Crippen molar-refractivity contribution in [2.45, 2.75) is 58.0 Å². The largest absolute Gasteiger partial charge is 0.370 e. The topological polar surface area (TPSA) is 55.0 Å². The number of hydrogen-bond donors (Lipinski definition) is 1. The fourth-order valence-electron chi connectivity index (χ4n) is 2.90. The summed E-state index contributed by atoms with van der Waals surface area (Å²) in [6, 6.07) is 0. The Bertz CT molecular complexity index is 473. The highest BCUT2D eigenvalue weighted by Crippen LogP contribution is 2.37. The van der Waals surface area contributed by atoms with Gasteiger partial charge in [0, 0.05) is 18.4 Å². The maximum atomic E-state index is 12.0. The Hall–Kier alpha value is -1.16. The highest BCUT2D eigenvalue weighted by Gasteiger charge is 2.36. The Morgan fingerprint density at radius 3 is 2.50 bits per heavy atom. The van der Waals surface area contributed by atoms with E-state index in [0.29, 0.717) is 12.2 Å². The predicted octanol–water partition coefficient (Wildman–Crippen LogP) is 2.45. The number of aromatic nitrogens is 2. The van der Waals surface area contributed by atoms with Crippen LogP contribution in [0.4, 0.5) is 0 Å². The van der Waals surface area contributed by atoms with Crippen molar-refractivity contribution in [1.29, 1.82) is 0 Å². The third-order valence-electron chi connectivity index (χ3n) is 4.06. The zero-order valence-corrected chi connectivity index (χ0v) is 11.5. The normalized spacial score (nSPS) is 18.8. The van der Waals surface area contributed by atoms with E-state index in [1.807, 2.05) is 13.8 Å². The molecule has 2 rings (SSSR count). The predicted molar refractivity (Wildman–Crippen MR) is 70.7 cm³/mol. The van der Waals surface area contributed by atoms with E-state index in [0.717, 1.165) is 36.9 Å². The number of hydrogen-bond acceptors (Lipinski definition) is 3. The van der Waals surface area contributed by atoms with Gasteiger partial charge in [-0.3, -0.25) is 4.79 Å². The van der Waals surface area contributed by atoms with E-state index in [2.05, 4.69) is 9.97 Å². The number of H-pyrrole nitrogens is 1. The molecule has 1 aliphatic rings. The highest BCUT2D eigenvalue weighted by atomic mass is 16.5. The van der Waals surface area contributed by atoms with Gasteiger partial charge in [-0.1, -0.05) is 26.2 Å². The molecule has 0 aromatic carbocycles. The molecule has 1 aromatic heterocycles. The summed E-state index contributed by atoms with van der Waals surface area (Å²) in [6.45, 7) is 3.88. The van der Waals surface area contributed by atoms with E-state index < -0.39 is 0 Å². The van der Waals surface area contributed by atoms with E-state index in [1.165, 1.54) is 6.42 Å². The van der Waals surface area contributed by atoms with Crippen molar-refractivity contribution >= 4 is 0 Å². The molecule has 18 heavy (non-hydrogen) atoms. The molecule has 0 saturated heterocycles. The summed E-state index contributed by atoms with van der Waals surface area (Å²) in [5.74, 6) is 0.712. The van der Waals surface area contributed by atoms with E-state index in [-0.39, 0.29) is 11.2 Å². The minimum atomic E-state index is -0.381. The summed E-state index contributed by atoms with van der Waals surface area (Å²) in [5, 5.41) is 0. The monoisotopic (exact) mass is 250 g/mol. The minimum Gasteiger partial charge on any atom is -0.370 e. The second-order valence-electron chi connectivity index (χ2n) is 5.09. The van der Waals surface area contributed by atoms with Crippen LogP contribution in [0.15, 0.2) is 4.79 Å². The van der Waals surface area contributed by atoms with Crippen molar-refractivity contribution in [2.24, 2.45) is 0 Å². The van der Waals surface area contributed by atoms with Crippen molar-refractivity contribution in [3.05, 3.63) is 27.4 Å². The molecule has 1 heterocycles. The van der Waals surface area contributed by atoms with Gasteiger partial charge in [-0.05, 0) is 26.2 Å². The van der Waals surface area contributed by atoms with Crippen molar-refractivity contribution in [2.75, 3.05) is 7.11 Å². The lowest BCUT2D eigenvalue weighted by Crippen LogP contribution is -2.36. The van der Waals surface area contributed by atoms with Crippen LogP contribution in [0.3, 0.4) is 0 Å².